The summed E-state index contributed by atoms with van der Waals surface area (Å²) in [5, 5.41) is 16.8. The van der Waals surface area contributed by atoms with E-state index in [1.807, 2.05) is 35.8 Å². The highest BCUT2D eigenvalue weighted by atomic mass is 35.5. The van der Waals surface area contributed by atoms with Crippen molar-refractivity contribution < 1.29 is 4.79 Å². The van der Waals surface area contributed by atoms with Gasteiger partial charge in [-0.1, -0.05) is 5.21 Å². The summed E-state index contributed by atoms with van der Waals surface area (Å²) in [4.78, 5) is 17.2. The van der Waals surface area contributed by atoms with Gasteiger partial charge in [-0.25, -0.2) is 9.67 Å². The van der Waals surface area contributed by atoms with Crippen molar-refractivity contribution in [3.8, 4) is 17.6 Å². The predicted molar refractivity (Wildman–Crippen MR) is 100 cm³/mol. The number of rotatable bonds is 4. The predicted octanol–water partition coefficient (Wildman–Crippen LogP) is 3.21. The molecule has 3 heterocycles. The molecule has 0 saturated heterocycles. The van der Waals surface area contributed by atoms with Crippen LogP contribution in [0.1, 0.15) is 21.6 Å². The van der Waals surface area contributed by atoms with E-state index in [-0.39, 0.29) is 11.7 Å². The Morgan fingerprint density at radius 3 is 2.63 bits per heavy atom. The number of hydrogen-bond donors (Lipinski definition) is 0. The van der Waals surface area contributed by atoms with Crippen molar-refractivity contribution in [2.75, 3.05) is 5.88 Å². The van der Waals surface area contributed by atoms with Gasteiger partial charge in [0, 0.05) is 11.4 Å². The molecule has 4 aromatic rings. The van der Waals surface area contributed by atoms with Gasteiger partial charge in [-0.3, -0.25) is 4.79 Å². The van der Waals surface area contributed by atoms with Gasteiger partial charge in [-0.15, -0.1) is 16.7 Å². The third kappa shape index (κ3) is 2.76. The number of fused-ring (bicyclic) bond motifs is 1. The van der Waals surface area contributed by atoms with Crippen molar-refractivity contribution in [3.63, 3.8) is 0 Å². The number of Topliss-reactive ketones (excluding diaryl/α,β-unsaturated/α-hetero) is 1. The van der Waals surface area contributed by atoms with E-state index in [9.17, 15) is 4.79 Å². The molecule has 0 fully saturated rings. The zero-order valence-electron chi connectivity index (χ0n) is 14.3. The monoisotopic (exact) mass is 376 g/mol. The van der Waals surface area contributed by atoms with Crippen LogP contribution in [-0.2, 0) is 0 Å². The van der Waals surface area contributed by atoms with Crippen LogP contribution in [0.3, 0.4) is 0 Å². The van der Waals surface area contributed by atoms with Crippen LogP contribution in [-0.4, -0.2) is 36.2 Å². The molecule has 0 aliphatic heterocycles. The molecule has 0 aliphatic carbocycles. The molecular weight excluding hydrogens is 364 g/mol. The molecule has 0 aliphatic rings. The van der Waals surface area contributed by atoms with Gasteiger partial charge in [-0.05, 0) is 43.3 Å². The first-order valence-electron chi connectivity index (χ1n) is 8.12. The maximum absolute atomic E-state index is 12.5. The minimum atomic E-state index is -0.199. The number of alkyl halides is 1. The number of carbonyl (C=O) groups excluding carboxylic acids is 1. The number of pyridine rings is 1. The van der Waals surface area contributed by atoms with Crippen LogP contribution >= 0.6 is 11.6 Å². The highest BCUT2D eigenvalue weighted by Gasteiger charge is 2.22. The first kappa shape index (κ1) is 16.9. The number of hydrogen-bond acceptors (Lipinski definition) is 5. The fourth-order valence-electron chi connectivity index (χ4n) is 3.15. The van der Waals surface area contributed by atoms with Crippen LogP contribution in [0.15, 0.2) is 48.8 Å². The summed E-state index contributed by atoms with van der Waals surface area (Å²) in [6.07, 6.45) is 3.24. The Balaban J connectivity index is 2.00. The zero-order valence-corrected chi connectivity index (χ0v) is 15.1. The summed E-state index contributed by atoms with van der Waals surface area (Å²) in [5.74, 6) is 0.221. The Kier molecular flexibility index (Phi) is 4.18. The van der Waals surface area contributed by atoms with E-state index in [2.05, 4.69) is 21.4 Å². The number of halogens is 1. The second kappa shape index (κ2) is 6.67. The normalized spacial score (nSPS) is 10.9. The van der Waals surface area contributed by atoms with Crippen LogP contribution in [0.2, 0.25) is 0 Å². The van der Waals surface area contributed by atoms with Crippen molar-refractivity contribution in [2.24, 2.45) is 0 Å². The molecule has 0 saturated carbocycles. The molecule has 8 heteroatoms. The molecule has 0 N–H and O–H groups in total. The van der Waals surface area contributed by atoms with Gasteiger partial charge in [0.2, 0.25) is 0 Å². The molecular formula is C19H13ClN6O. The average molecular weight is 377 g/mol. The van der Waals surface area contributed by atoms with Crippen LogP contribution in [0.4, 0.5) is 0 Å². The molecule has 0 atom stereocenters. The minimum Gasteiger partial charge on any atom is -0.312 e. The Morgan fingerprint density at radius 1 is 1.22 bits per heavy atom. The first-order valence-corrected chi connectivity index (χ1v) is 8.66. The quantitative estimate of drug-likeness (QED) is 0.403. The highest BCUT2D eigenvalue weighted by Crippen LogP contribution is 2.29. The van der Waals surface area contributed by atoms with Crippen molar-refractivity contribution in [2.45, 2.75) is 6.92 Å². The molecule has 1 aromatic carbocycles. The first-order chi connectivity index (χ1) is 13.1. The molecule has 132 valence electrons. The molecule has 3 aromatic heterocycles. The molecule has 7 nitrogen and oxygen atoms in total. The van der Waals surface area contributed by atoms with Gasteiger partial charge in [-0.2, -0.15) is 5.26 Å². The van der Waals surface area contributed by atoms with E-state index in [0.717, 1.165) is 16.9 Å². The average Bonchev–Trinajstić information content (AvgIpc) is 3.33. The lowest BCUT2D eigenvalue weighted by atomic mass is 10.1. The van der Waals surface area contributed by atoms with E-state index in [1.165, 1.54) is 4.68 Å². The van der Waals surface area contributed by atoms with Gasteiger partial charge >= 0.3 is 0 Å². The Bertz CT molecular complexity index is 1190. The molecule has 0 bridgehead atoms. The minimum absolute atomic E-state index is 0.136. The van der Waals surface area contributed by atoms with Gasteiger partial charge in [0.05, 0.1) is 41.0 Å². The number of carbonyl (C=O) groups is 1. The third-order valence-electron chi connectivity index (χ3n) is 4.35. The second-order valence-electron chi connectivity index (χ2n) is 5.90. The number of aromatic nitrogens is 5. The fraction of sp³-hybridized carbons (Fsp3) is 0.105. The lowest BCUT2D eigenvalue weighted by Gasteiger charge is -2.08. The molecule has 0 unspecified atom stereocenters. The van der Waals surface area contributed by atoms with Crippen molar-refractivity contribution in [1.82, 2.24) is 24.5 Å². The molecule has 27 heavy (non-hydrogen) atoms. The summed E-state index contributed by atoms with van der Waals surface area (Å²) in [5.41, 5.74) is 3.94. The zero-order chi connectivity index (χ0) is 19.0. The van der Waals surface area contributed by atoms with E-state index in [4.69, 9.17) is 16.9 Å². The van der Waals surface area contributed by atoms with E-state index in [1.54, 1.807) is 24.5 Å². The molecule has 0 spiro atoms. The van der Waals surface area contributed by atoms with Gasteiger partial charge in [0.25, 0.3) is 0 Å². The van der Waals surface area contributed by atoms with Crippen LogP contribution in [0, 0.1) is 18.3 Å². The fourth-order valence-corrected chi connectivity index (χ4v) is 3.28. The van der Waals surface area contributed by atoms with Crippen molar-refractivity contribution in [3.05, 3.63) is 65.6 Å². The van der Waals surface area contributed by atoms with Crippen LogP contribution in [0.25, 0.3) is 22.5 Å². The highest BCUT2D eigenvalue weighted by molar-refractivity contribution is 6.32. The maximum Gasteiger partial charge on any atom is 0.181 e. The van der Waals surface area contributed by atoms with E-state index < -0.39 is 0 Å². The van der Waals surface area contributed by atoms with Crippen LogP contribution in [0.5, 0.6) is 0 Å². The summed E-state index contributed by atoms with van der Waals surface area (Å²) >= 11 is 5.84. The molecule has 4 rings (SSSR count). The smallest absolute Gasteiger partial charge is 0.181 e. The standard InChI is InChI=1S/C19H13ClN6O/c1-12-18(16(27)10-20)19-15(6-7-17(23-19)25-9-8-22-24-25)26(12)14-4-2-13(11-21)3-5-14/h2-9H,10H2,1H3. The summed E-state index contributed by atoms with van der Waals surface area (Å²) in [6, 6.07) is 13.0. The third-order valence-corrected chi connectivity index (χ3v) is 4.59. The maximum atomic E-state index is 12.5. The number of benzene rings is 1. The molecule has 0 amide bonds. The van der Waals surface area contributed by atoms with Crippen molar-refractivity contribution >= 4 is 28.4 Å². The summed E-state index contributed by atoms with van der Waals surface area (Å²) in [7, 11) is 0. The van der Waals surface area contributed by atoms with Crippen molar-refractivity contribution in [1.29, 1.82) is 5.26 Å². The van der Waals surface area contributed by atoms with Gasteiger partial charge in [0.1, 0.15) is 5.52 Å². The largest absolute Gasteiger partial charge is 0.312 e. The SMILES string of the molecule is Cc1c(C(=O)CCl)c2nc(-n3ccnn3)ccc2n1-c1ccc(C#N)cc1. The lowest BCUT2D eigenvalue weighted by Crippen LogP contribution is -2.04. The summed E-state index contributed by atoms with van der Waals surface area (Å²) < 4.78 is 3.47. The summed E-state index contributed by atoms with van der Waals surface area (Å²) in [6.45, 7) is 1.86. The topological polar surface area (TPSA) is 89.4 Å². The van der Waals surface area contributed by atoms with E-state index in [0.29, 0.717) is 22.5 Å². The Morgan fingerprint density at radius 2 is 2.00 bits per heavy atom. The molecule has 0 radical (unpaired) electrons. The van der Waals surface area contributed by atoms with Crippen LogP contribution < -0.4 is 0 Å². The second-order valence-corrected chi connectivity index (χ2v) is 6.16. The van der Waals surface area contributed by atoms with Gasteiger partial charge in [0.15, 0.2) is 11.6 Å². The number of nitrogens with zero attached hydrogens (tertiary/aromatic N) is 6. The van der Waals surface area contributed by atoms with E-state index >= 15 is 0 Å². The number of ketones is 1. The lowest BCUT2D eigenvalue weighted by molar-refractivity contribution is 0.102. The number of nitriles is 1. The van der Waals surface area contributed by atoms with Gasteiger partial charge < -0.3 is 4.57 Å². The Hall–Kier alpha value is -3.50. The Labute approximate surface area is 159 Å².